The number of nitrogens with zero attached hydrogens (tertiary/aromatic N) is 2. The third kappa shape index (κ3) is 11.0. The molecule has 0 aromatic rings. The Morgan fingerprint density at radius 1 is 1.02 bits per heavy atom. The molecule has 4 unspecified atom stereocenters. The number of nitrogens with one attached hydrogen (secondary N) is 3. The number of carbonyl (C=O) groups excluding carboxylic acids is 3. The highest BCUT2D eigenvalue weighted by molar-refractivity contribution is 7.99. The largest absolute Gasteiger partial charge is 0.481 e. The number of carbonyl (C=O) groups is 4. The highest BCUT2D eigenvalue weighted by Crippen LogP contribution is 2.30. The van der Waals surface area contributed by atoms with E-state index in [1.54, 1.807) is 18.9 Å². The Hall–Kier alpha value is -1.93. The lowest BCUT2D eigenvalue weighted by Crippen LogP contribution is -2.50. The lowest BCUT2D eigenvalue weighted by Gasteiger charge is -2.34. The van der Waals surface area contributed by atoms with Gasteiger partial charge in [-0.3, -0.25) is 19.2 Å². The number of amides is 3. The first kappa shape index (κ1) is 34.6. The fourth-order valence-corrected chi connectivity index (χ4v) is 6.43. The van der Waals surface area contributed by atoms with Gasteiger partial charge >= 0.3 is 5.97 Å². The van der Waals surface area contributed by atoms with Crippen LogP contribution < -0.4 is 16.2 Å². The fraction of sp³-hybridized carbons (Fsp3) is 0.862. The highest BCUT2D eigenvalue weighted by atomic mass is 32.2. The van der Waals surface area contributed by atoms with Crippen LogP contribution >= 0.6 is 11.8 Å². The van der Waals surface area contributed by atoms with Gasteiger partial charge in [-0.2, -0.15) is 0 Å². The minimum absolute atomic E-state index is 0.0168. The predicted octanol–water partition coefficient (Wildman–Crippen LogP) is 2.14. The highest BCUT2D eigenvalue weighted by Gasteiger charge is 2.35. The van der Waals surface area contributed by atoms with Gasteiger partial charge in [0.15, 0.2) is 5.56 Å². The van der Waals surface area contributed by atoms with Gasteiger partial charge in [-0.25, -0.2) is 10.9 Å². The van der Waals surface area contributed by atoms with Crippen LogP contribution in [0, 0.1) is 17.8 Å². The van der Waals surface area contributed by atoms with E-state index in [1.165, 1.54) is 9.80 Å². The van der Waals surface area contributed by atoms with Crippen molar-refractivity contribution in [3.8, 4) is 0 Å². The Morgan fingerprint density at radius 2 is 1.76 bits per heavy atom. The lowest BCUT2D eigenvalue weighted by molar-refractivity contribution is -0.147. The van der Waals surface area contributed by atoms with Crippen LogP contribution in [0.25, 0.3) is 0 Å². The number of rotatable bonds is 15. The van der Waals surface area contributed by atoms with E-state index in [9.17, 15) is 24.3 Å². The van der Waals surface area contributed by atoms with Crippen molar-refractivity contribution >= 4 is 35.5 Å². The van der Waals surface area contributed by atoms with Gasteiger partial charge in [-0.15, -0.1) is 11.8 Å². The molecule has 3 aliphatic rings. The summed E-state index contributed by atoms with van der Waals surface area (Å²) in [6.07, 6.45) is 8.90. The van der Waals surface area contributed by atoms with Crippen molar-refractivity contribution in [2.24, 2.45) is 17.8 Å². The van der Waals surface area contributed by atoms with E-state index in [1.807, 2.05) is 6.26 Å². The molecular formula is C29H51N5O7S. The van der Waals surface area contributed by atoms with Crippen molar-refractivity contribution in [1.29, 1.82) is 0 Å². The standard InChI is InChI=1S/C29H51N5O7S/c1-19(2)12-14-33(17-24(35)30-22-10-8-20(9-11-22)27-31-32-29(41-27)42-4)25(36)18-34(15-13-26(37)38)28(39)21-6-5-7-23(16-21)40-3/h19-23,27,29,31-32H,5-18H2,1-4H3,(H,30,35)(H,37,38). The molecule has 1 saturated heterocycles. The Kier molecular flexibility index (Phi) is 14.3. The van der Waals surface area contributed by atoms with Gasteiger partial charge < -0.3 is 29.7 Å². The summed E-state index contributed by atoms with van der Waals surface area (Å²) in [5.74, 6) is -1.41. The van der Waals surface area contributed by atoms with Crippen LogP contribution in [0.15, 0.2) is 0 Å². The second-order valence-electron chi connectivity index (χ2n) is 12.2. The molecule has 2 aliphatic carbocycles. The van der Waals surface area contributed by atoms with E-state index in [4.69, 9.17) is 9.47 Å². The normalized spacial score (nSPS) is 27.9. The van der Waals surface area contributed by atoms with Crippen LogP contribution in [0.5, 0.6) is 0 Å². The number of hydrazine groups is 1. The van der Waals surface area contributed by atoms with Crippen LogP contribution in [0.2, 0.25) is 0 Å². The maximum Gasteiger partial charge on any atom is 0.305 e. The quantitative estimate of drug-likeness (QED) is 0.216. The number of carboxylic acid groups (broad SMARTS) is 1. The summed E-state index contributed by atoms with van der Waals surface area (Å²) in [5.41, 5.74) is 6.29. The summed E-state index contributed by atoms with van der Waals surface area (Å²) in [6.45, 7) is 4.12. The average molecular weight is 614 g/mol. The van der Waals surface area contributed by atoms with E-state index >= 15 is 0 Å². The minimum Gasteiger partial charge on any atom is -0.481 e. The monoisotopic (exact) mass is 613 g/mol. The topological polar surface area (TPSA) is 150 Å². The Morgan fingerprint density at radius 3 is 2.38 bits per heavy atom. The summed E-state index contributed by atoms with van der Waals surface area (Å²) in [7, 11) is 1.63. The molecule has 0 radical (unpaired) electrons. The van der Waals surface area contributed by atoms with Gasteiger partial charge in [0, 0.05) is 32.2 Å². The van der Waals surface area contributed by atoms with E-state index in [0.717, 1.165) is 38.5 Å². The molecule has 3 amide bonds. The second kappa shape index (κ2) is 17.4. The first-order chi connectivity index (χ1) is 20.1. The number of aliphatic carboxylic acids is 1. The SMILES string of the molecule is COC1CCCC(C(=O)N(CCC(=O)O)CC(=O)N(CCC(C)C)CC(=O)NC2CCC(C3NNC(SC)O3)CC2)C1. The molecule has 13 heteroatoms. The van der Waals surface area contributed by atoms with Gasteiger partial charge in [0.2, 0.25) is 17.7 Å². The van der Waals surface area contributed by atoms with E-state index < -0.39 is 5.97 Å². The summed E-state index contributed by atoms with van der Waals surface area (Å²) >= 11 is 1.60. The molecule has 240 valence electrons. The second-order valence-corrected chi connectivity index (χ2v) is 13.1. The molecule has 2 saturated carbocycles. The first-order valence-corrected chi connectivity index (χ1v) is 16.7. The smallest absolute Gasteiger partial charge is 0.305 e. The molecule has 1 aliphatic heterocycles. The molecule has 4 N–H and O–H groups in total. The summed E-state index contributed by atoms with van der Waals surface area (Å²) in [6, 6.07) is 0.0372. The van der Waals surface area contributed by atoms with Crippen molar-refractivity contribution in [1.82, 2.24) is 26.0 Å². The number of hydrogen-bond donors (Lipinski definition) is 4. The first-order valence-electron chi connectivity index (χ1n) is 15.4. The Bertz CT molecular complexity index is 902. The number of methoxy groups -OCH3 is 1. The van der Waals surface area contributed by atoms with Gasteiger partial charge in [0.1, 0.15) is 6.23 Å². The molecule has 0 bridgehead atoms. The van der Waals surface area contributed by atoms with Crippen molar-refractivity contribution < 1.29 is 33.8 Å². The summed E-state index contributed by atoms with van der Waals surface area (Å²) < 4.78 is 11.4. The molecule has 4 atom stereocenters. The van der Waals surface area contributed by atoms with Gasteiger partial charge in [-0.1, -0.05) is 20.3 Å². The summed E-state index contributed by atoms with van der Waals surface area (Å²) in [4.78, 5) is 54.3. The zero-order valence-electron chi connectivity index (χ0n) is 25.6. The van der Waals surface area contributed by atoms with Crippen LogP contribution in [0.3, 0.4) is 0 Å². The molecule has 0 aromatic carbocycles. The maximum absolute atomic E-state index is 13.5. The summed E-state index contributed by atoms with van der Waals surface area (Å²) in [5, 5.41) is 12.4. The van der Waals surface area contributed by atoms with Gasteiger partial charge in [-0.05, 0) is 69.5 Å². The Balaban J connectivity index is 1.57. The molecular weight excluding hydrogens is 562 g/mol. The molecule has 3 fully saturated rings. The number of thioether (sulfide) groups is 1. The molecule has 1 heterocycles. The molecule has 3 rings (SSSR count). The third-order valence-corrected chi connectivity index (χ3v) is 9.26. The van der Waals surface area contributed by atoms with Crippen molar-refractivity contribution in [3.05, 3.63) is 0 Å². The minimum atomic E-state index is -1.03. The number of hydrogen-bond acceptors (Lipinski definition) is 9. The molecule has 0 aromatic heterocycles. The lowest BCUT2D eigenvalue weighted by atomic mass is 9.85. The molecule has 0 spiro atoms. The van der Waals surface area contributed by atoms with Gasteiger partial charge in [0.25, 0.3) is 0 Å². The van der Waals surface area contributed by atoms with Gasteiger partial charge in [0.05, 0.1) is 25.6 Å². The van der Waals surface area contributed by atoms with Crippen LogP contribution in [-0.4, -0.2) is 102 Å². The van der Waals surface area contributed by atoms with Crippen LogP contribution in [-0.2, 0) is 28.7 Å². The third-order valence-electron chi connectivity index (χ3n) is 8.60. The zero-order valence-corrected chi connectivity index (χ0v) is 26.5. The zero-order chi connectivity index (χ0) is 30.6. The molecule has 42 heavy (non-hydrogen) atoms. The van der Waals surface area contributed by atoms with Crippen molar-refractivity contribution in [3.63, 3.8) is 0 Å². The molecule has 12 nitrogen and oxygen atoms in total. The van der Waals surface area contributed by atoms with Crippen molar-refractivity contribution in [2.45, 2.75) is 102 Å². The van der Waals surface area contributed by atoms with E-state index in [0.29, 0.717) is 37.6 Å². The number of ether oxygens (including phenoxy) is 2. The van der Waals surface area contributed by atoms with E-state index in [-0.39, 0.29) is 73.6 Å². The number of carboxylic acids is 1. The fourth-order valence-electron chi connectivity index (χ4n) is 6.02. The van der Waals surface area contributed by atoms with Crippen LogP contribution in [0.1, 0.15) is 78.1 Å². The van der Waals surface area contributed by atoms with Crippen LogP contribution in [0.4, 0.5) is 0 Å². The Labute approximate surface area is 254 Å². The van der Waals surface area contributed by atoms with E-state index in [2.05, 4.69) is 30.0 Å². The average Bonchev–Trinajstić information content (AvgIpc) is 3.46. The predicted molar refractivity (Wildman–Crippen MR) is 160 cm³/mol. The van der Waals surface area contributed by atoms with Crippen molar-refractivity contribution in [2.75, 3.05) is 39.5 Å². The maximum atomic E-state index is 13.5.